The molecule has 0 bridgehead atoms. The van der Waals surface area contributed by atoms with Gasteiger partial charge in [-0.1, -0.05) is 6.07 Å². The van der Waals surface area contributed by atoms with E-state index in [1.807, 2.05) is 0 Å². The predicted octanol–water partition coefficient (Wildman–Crippen LogP) is 3.09. The van der Waals surface area contributed by atoms with Crippen LogP contribution >= 0.6 is 0 Å². The Labute approximate surface area is 119 Å². The smallest absolute Gasteiger partial charge is 0.335 e. The Kier molecular flexibility index (Phi) is 4.03. The fourth-order valence-electron chi connectivity index (χ4n) is 1.67. The molecule has 0 radical (unpaired) electrons. The number of carboxylic acids is 1. The first-order chi connectivity index (χ1) is 10.0. The van der Waals surface area contributed by atoms with Crippen LogP contribution in [0.2, 0.25) is 0 Å². The van der Waals surface area contributed by atoms with Gasteiger partial charge in [-0.05, 0) is 24.3 Å². The van der Waals surface area contributed by atoms with Crippen LogP contribution in [0.5, 0.6) is 17.2 Å². The minimum Gasteiger partial charge on any atom is -0.493 e. The molecule has 0 aromatic heterocycles. The van der Waals surface area contributed by atoms with Crippen molar-refractivity contribution < 1.29 is 24.3 Å². The van der Waals surface area contributed by atoms with E-state index in [1.54, 1.807) is 6.07 Å². The van der Waals surface area contributed by atoms with Gasteiger partial charge >= 0.3 is 5.97 Å². The van der Waals surface area contributed by atoms with E-state index in [4.69, 9.17) is 14.6 Å². The number of hydrogen-bond donors (Lipinski definition) is 1. The van der Waals surface area contributed by atoms with Crippen LogP contribution in [0, 0.1) is 10.1 Å². The molecule has 0 amide bonds. The Balaban J connectivity index is 2.33. The molecule has 2 aromatic carbocycles. The average molecular weight is 289 g/mol. The Morgan fingerprint density at radius 2 is 1.95 bits per heavy atom. The van der Waals surface area contributed by atoms with Crippen molar-refractivity contribution in [3.63, 3.8) is 0 Å². The Morgan fingerprint density at radius 3 is 2.57 bits per heavy atom. The molecule has 0 saturated heterocycles. The largest absolute Gasteiger partial charge is 0.493 e. The minimum atomic E-state index is -1.07. The highest BCUT2D eigenvalue weighted by atomic mass is 16.6. The fourth-order valence-corrected chi connectivity index (χ4v) is 1.67. The molecular weight excluding hydrogens is 278 g/mol. The monoisotopic (exact) mass is 289 g/mol. The molecule has 2 aromatic rings. The second-order valence-corrected chi connectivity index (χ2v) is 4.03. The van der Waals surface area contributed by atoms with E-state index < -0.39 is 10.9 Å². The lowest BCUT2D eigenvalue weighted by Crippen LogP contribution is -1.97. The summed E-state index contributed by atoms with van der Waals surface area (Å²) in [7, 11) is 1.36. The zero-order valence-corrected chi connectivity index (χ0v) is 11.0. The maximum absolute atomic E-state index is 10.9. The van der Waals surface area contributed by atoms with Gasteiger partial charge < -0.3 is 14.6 Å². The number of rotatable bonds is 5. The van der Waals surface area contributed by atoms with Crippen LogP contribution in [0.1, 0.15) is 10.4 Å². The molecule has 0 aliphatic carbocycles. The molecule has 0 aliphatic rings. The van der Waals surface area contributed by atoms with E-state index in [1.165, 1.54) is 43.5 Å². The lowest BCUT2D eigenvalue weighted by Gasteiger charge is -2.10. The number of methoxy groups -OCH3 is 1. The summed E-state index contributed by atoms with van der Waals surface area (Å²) in [6.07, 6.45) is 0. The van der Waals surface area contributed by atoms with Crippen molar-refractivity contribution in [2.75, 3.05) is 7.11 Å². The molecule has 0 unspecified atom stereocenters. The highest BCUT2D eigenvalue weighted by Gasteiger charge is 2.13. The van der Waals surface area contributed by atoms with Crippen LogP contribution in [-0.2, 0) is 0 Å². The summed E-state index contributed by atoms with van der Waals surface area (Å²) < 4.78 is 10.6. The topological polar surface area (TPSA) is 98.9 Å². The van der Waals surface area contributed by atoms with Gasteiger partial charge in [0.25, 0.3) is 5.69 Å². The van der Waals surface area contributed by atoms with Crippen LogP contribution < -0.4 is 9.47 Å². The van der Waals surface area contributed by atoms with Crippen molar-refractivity contribution in [1.29, 1.82) is 0 Å². The first kappa shape index (κ1) is 14.3. The Hall–Kier alpha value is -3.09. The second-order valence-electron chi connectivity index (χ2n) is 4.03. The van der Waals surface area contributed by atoms with Gasteiger partial charge in [0.1, 0.15) is 5.75 Å². The first-order valence-corrected chi connectivity index (χ1v) is 5.85. The van der Waals surface area contributed by atoms with Gasteiger partial charge in [0.15, 0.2) is 11.5 Å². The van der Waals surface area contributed by atoms with Gasteiger partial charge in [0, 0.05) is 6.07 Å². The molecular formula is C14H11NO6. The number of nitro benzene ring substituents is 1. The molecule has 0 aliphatic heterocycles. The Bertz CT molecular complexity index is 698. The van der Waals surface area contributed by atoms with Gasteiger partial charge in [-0.3, -0.25) is 10.1 Å². The number of ether oxygens (including phenoxy) is 2. The molecule has 2 rings (SSSR count). The molecule has 7 nitrogen and oxygen atoms in total. The lowest BCUT2D eigenvalue weighted by atomic mass is 10.2. The van der Waals surface area contributed by atoms with Crippen molar-refractivity contribution in [3.8, 4) is 17.2 Å². The third-order valence-electron chi connectivity index (χ3n) is 2.67. The number of non-ortho nitro benzene ring substituents is 1. The van der Waals surface area contributed by atoms with E-state index in [2.05, 4.69) is 0 Å². The highest BCUT2D eigenvalue weighted by Crippen LogP contribution is 2.34. The summed E-state index contributed by atoms with van der Waals surface area (Å²) in [6.45, 7) is 0. The molecule has 21 heavy (non-hydrogen) atoms. The number of carboxylic acid groups (broad SMARTS) is 1. The van der Waals surface area contributed by atoms with E-state index in [0.29, 0.717) is 5.75 Å². The molecule has 0 atom stereocenters. The molecule has 108 valence electrons. The zero-order valence-electron chi connectivity index (χ0n) is 11.0. The van der Waals surface area contributed by atoms with E-state index in [-0.39, 0.29) is 22.7 Å². The summed E-state index contributed by atoms with van der Waals surface area (Å²) in [5.74, 6) is -0.339. The molecule has 0 spiro atoms. The van der Waals surface area contributed by atoms with Crippen molar-refractivity contribution >= 4 is 11.7 Å². The number of nitro groups is 1. The number of benzene rings is 2. The first-order valence-electron chi connectivity index (χ1n) is 5.85. The molecule has 1 N–H and O–H groups in total. The van der Waals surface area contributed by atoms with Crippen LogP contribution in [0.25, 0.3) is 0 Å². The van der Waals surface area contributed by atoms with Gasteiger partial charge in [0.2, 0.25) is 0 Å². The standard InChI is InChI=1S/C14H11NO6/c1-20-13-8-10(15(18)19)5-6-12(13)21-11-4-2-3-9(7-11)14(16)17/h2-8H,1H3,(H,16,17). The third kappa shape index (κ3) is 3.27. The highest BCUT2D eigenvalue weighted by molar-refractivity contribution is 5.88. The second kappa shape index (κ2) is 5.91. The number of aromatic carboxylic acids is 1. The number of hydrogen-bond acceptors (Lipinski definition) is 5. The van der Waals surface area contributed by atoms with Gasteiger partial charge in [-0.15, -0.1) is 0 Å². The molecule has 0 heterocycles. The van der Waals surface area contributed by atoms with Crippen LogP contribution in [0.3, 0.4) is 0 Å². The van der Waals surface area contributed by atoms with Gasteiger partial charge in [-0.2, -0.15) is 0 Å². The van der Waals surface area contributed by atoms with Crippen LogP contribution in [-0.4, -0.2) is 23.1 Å². The average Bonchev–Trinajstić information content (AvgIpc) is 2.47. The maximum atomic E-state index is 10.9. The van der Waals surface area contributed by atoms with Crippen molar-refractivity contribution in [2.45, 2.75) is 0 Å². The van der Waals surface area contributed by atoms with Crippen molar-refractivity contribution in [3.05, 3.63) is 58.1 Å². The molecule has 0 fully saturated rings. The van der Waals surface area contributed by atoms with Gasteiger partial charge in [0.05, 0.1) is 23.7 Å². The number of nitrogens with zero attached hydrogens (tertiary/aromatic N) is 1. The van der Waals surface area contributed by atoms with Crippen molar-refractivity contribution in [1.82, 2.24) is 0 Å². The van der Waals surface area contributed by atoms with Crippen LogP contribution in [0.4, 0.5) is 5.69 Å². The zero-order chi connectivity index (χ0) is 15.4. The fraction of sp³-hybridized carbons (Fsp3) is 0.0714. The predicted molar refractivity (Wildman–Crippen MR) is 73.1 cm³/mol. The van der Waals surface area contributed by atoms with Gasteiger partial charge in [-0.25, -0.2) is 4.79 Å². The normalized spacial score (nSPS) is 9.95. The third-order valence-corrected chi connectivity index (χ3v) is 2.67. The summed E-state index contributed by atoms with van der Waals surface area (Å²) in [4.78, 5) is 21.1. The SMILES string of the molecule is COc1cc([N+](=O)[O-])ccc1Oc1cccc(C(=O)O)c1. The van der Waals surface area contributed by atoms with Crippen LogP contribution in [0.15, 0.2) is 42.5 Å². The van der Waals surface area contributed by atoms with E-state index >= 15 is 0 Å². The summed E-state index contributed by atoms with van der Waals surface area (Å²) in [6, 6.07) is 9.80. The maximum Gasteiger partial charge on any atom is 0.335 e. The summed E-state index contributed by atoms with van der Waals surface area (Å²) >= 11 is 0. The number of carbonyl (C=O) groups is 1. The molecule has 7 heteroatoms. The lowest BCUT2D eigenvalue weighted by molar-refractivity contribution is -0.384. The molecule has 0 saturated carbocycles. The minimum absolute atomic E-state index is 0.0772. The quantitative estimate of drug-likeness (QED) is 0.670. The summed E-state index contributed by atoms with van der Waals surface area (Å²) in [5, 5.41) is 19.6. The Morgan fingerprint density at radius 1 is 1.19 bits per heavy atom. The van der Waals surface area contributed by atoms with E-state index in [0.717, 1.165) is 0 Å². The van der Waals surface area contributed by atoms with Crippen molar-refractivity contribution in [2.24, 2.45) is 0 Å². The van der Waals surface area contributed by atoms with E-state index in [9.17, 15) is 14.9 Å². The summed E-state index contributed by atoms with van der Waals surface area (Å²) in [5.41, 5.74) is -0.0492.